The molecule has 8 heteroatoms. The summed E-state index contributed by atoms with van der Waals surface area (Å²) >= 11 is 1.78. The maximum atomic E-state index is 12.9. The van der Waals surface area contributed by atoms with Crippen molar-refractivity contribution in [2.24, 2.45) is 0 Å². The van der Waals surface area contributed by atoms with E-state index in [9.17, 15) is 8.42 Å². The van der Waals surface area contributed by atoms with Gasteiger partial charge in [-0.25, -0.2) is 13.4 Å². The highest BCUT2D eigenvalue weighted by Crippen LogP contribution is 2.27. The van der Waals surface area contributed by atoms with Crippen molar-refractivity contribution in [3.8, 4) is 0 Å². The highest BCUT2D eigenvalue weighted by Gasteiger charge is 2.32. The van der Waals surface area contributed by atoms with Crippen LogP contribution < -0.4 is 5.32 Å². The summed E-state index contributed by atoms with van der Waals surface area (Å²) in [7, 11) is -1.84. The predicted molar refractivity (Wildman–Crippen MR) is 80.8 cm³/mol. The largest absolute Gasteiger partial charge is 0.371 e. The van der Waals surface area contributed by atoms with Crippen LogP contribution in [-0.4, -0.2) is 53.8 Å². The summed E-state index contributed by atoms with van der Waals surface area (Å²) in [5.74, 6) is 2.07. The molecule has 1 aliphatic rings. The molecule has 1 fully saturated rings. The van der Waals surface area contributed by atoms with E-state index in [2.05, 4.69) is 10.3 Å². The van der Waals surface area contributed by atoms with Crippen molar-refractivity contribution >= 4 is 33.3 Å². The van der Waals surface area contributed by atoms with Crippen molar-refractivity contribution in [3.63, 3.8) is 0 Å². The van der Waals surface area contributed by atoms with Crippen molar-refractivity contribution < 1.29 is 8.42 Å². The lowest BCUT2D eigenvalue weighted by Crippen LogP contribution is -2.38. The number of hydrogen-bond acceptors (Lipinski definition) is 5. The molecule has 1 N–H and O–H groups in total. The molecule has 0 amide bonds. The molecule has 108 valence electrons. The van der Waals surface area contributed by atoms with Gasteiger partial charge >= 0.3 is 0 Å². The molecular formula is C12H16N4O2S2. The van der Waals surface area contributed by atoms with Crippen molar-refractivity contribution in [1.82, 2.24) is 13.7 Å². The van der Waals surface area contributed by atoms with Gasteiger partial charge in [-0.3, -0.25) is 4.40 Å². The Morgan fingerprint density at radius 3 is 2.75 bits per heavy atom. The molecular weight excluding hydrogens is 296 g/mol. The molecule has 1 saturated heterocycles. The summed E-state index contributed by atoms with van der Waals surface area (Å²) in [5.41, 5.74) is 0.627. The third-order valence-corrected chi connectivity index (χ3v) is 6.14. The number of nitrogens with one attached hydrogen (secondary N) is 1. The van der Waals surface area contributed by atoms with Gasteiger partial charge in [0.1, 0.15) is 5.65 Å². The fraction of sp³-hybridized carbons (Fsp3) is 0.417. The smallest absolute Gasteiger partial charge is 0.262 e. The molecule has 2 aromatic heterocycles. The maximum Gasteiger partial charge on any atom is 0.262 e. The van der Waals surface area contributed by atoms with Gasteiger partial charge in [0.2, 0.25) is 0 Å². The van der Waals surface area contributed by atoms with E-state index >= 15 is 0 Å². The normalized spacial score (nSPS) is 17.4. The molecule has 0 aliphatic carbocycles. The van der Waals surface area contributed by atoms with E-state index in [1.54, 1.807) is 45.8 Å². The molecule has 0 aromatic carbocycles. The van der Waals surface area contributed by atoms with Crippen LogP contribution in [0, 0.1) is 0 Å². The van der Waals surface area contributed by atoms with E-state index in [-0.39, 0.29) is 5.03 Å². The minimum atomic E-state index is -3.53. The Morgan fingerprint density at radius 1 is 1.30 bits per heavy atom. The third-order valence-electron chi connectivity index (χ3n) is 3.28. The second-order valence-corrected chi connectivity index (χ2v) is 7.54. The summed E-state index contributed by atoms with van der Waals surface area (Å²) in [5, 5.41) is 3.11. The number of hydrogen-bond donors (Lipinski definition) is 1. The fourth-order valence-electron chi connectivity index (χ4n) is 2.29. The molecule has 2 aromatic rings. The number of rotatable bonds is 3. The number of anilines is 1. The number of fused-ring (bicyclic) bond motifs is 1. The van der Waals surface area contributed by atoms with Gasteiger partial charge in [-0.15, -0.1) is 0 Å². The molecule has 0 spiro atoms. The number of thioether (sulfide) groups is 1. The monoisotopic (exact) mass is 312 g/mol. The minimum absolute atomic E-state index is 0.225. The first-order chi connectivity index (χ1) is 9.64. The zero-order valence-corrected chi connectivity index (χ0v) is 12.7. The van der Waals surface area contributed by atoms with E-state index < -0.39 is 10.0 Å². The van der Waals surface area contributed by atoms with E-state index in [0.717, 1.165) is 11.5 Å². The van der Waals surface area contributed by atoms with Gasteiger partial charge < -0.3 is 5.32 Å². The van der Waals surface area contributed by atoms with Gasteiger partial charge in [0.15, 0.2) is 10.8 Å². The second kappa shape index (κ2) is 5.27. The van der Waals surface area contributed by atoms with Crippen LogP contribution in [0.4, 0.5) is 5.82 Å². The van der Waals surface area contributed by atoms with Crippen LogP contribution >= 0.6 is 11.8 Å². The molecule has 0 unspecified atom stereocenters. The molecule has 20 heavy (non-hydrogen) atoms. The Kier molecular flexibility index (Phi) is 3.61. The van der Waals surface area contributed by atoms with E-state index in [1.165, 1.54) is 0 Å². The fourth-order valence-corrected chi connectivity index (χ4v) is 5.13. The lowest BCUT2D eigenvalue weighted by Gasteiger charge is -2.25. The van der Waals surface area contributed by atoms with Crippen LogP contribution in [0.5, 0.6) is 0 Å². The van der Waals surface area contributed by atoms with Crippen molar-refractivity contribution in [1.29, 1.82) is 0 Å². The lowest BCUT2D eigenvalue weighted by atomic mass is 10.5. The zero-order chi connectivity index (χ0) is 14.2. The van der Waals surface area contributed by atoms with E-state index in [0.29, 0.717) is 24.6 Å². The summed E-state index contributed by atoms with van der Waals surface area (Å²) in [6, 6.07) is 5.45. The molecule has 3 heterocycles. The molecule has 1 aliphatic heterocycles. The first kappa shape index (κ1) is 13.7. The van der Waals surface area contributed by atoms with Crippen molar-refractivity contribution in [2.75, 3.05) is 37.0 Å². The number of imidazole rings is 1. The van der Waals surface area contributed by atoms with Gasteiger partial charge in [-0.1, -0.05) is 6.07 Å². The zero-order valence-electron chi connectivity index (χ0n) is 11.1. The molecule has 0 atom stereocenters. The summed E-state index contributed by atoms with van der Waals surface area (Å²) in [6.45, 7) is 1.10. The average Bonchev–Trinajstić information content (AvgIpc) is 2.87. The van der Waals surface area contributed by atoms with Crippen LogP contribution in [-0.2, 0) is 10.0 Å². The van der Waals surface area contributed by atoms with Crippen LogP contribution in [0.3, 0.4) is 0 Å². The molecule has 6 nitrogen and oxygen atoms in total. The predicted octanol–water partition coefficient (Wildman–Crippen LogP) is 1.11. The van der Waals surface area contributed by atoms with E-state index in [4.69, 9.17) is 0 Å². The molecule has 0 radical (unpaired) electrons. The van der Waals surface area contributed by atoms with Crippen LogP contribution in [0.1, 0.15) is 0 Å². The Hall–Kier alpha value is -1.25. The minimum Gasteiger partial charge on any atom is -0.371 e. The average molecular weight is 312 g/mol. The highest BCUT2D eigenvalue weighted by atomic mass is 32.2. The van der Waals surface area contributed by atoms with Gasteiger partial charge in [0, 0.05) is 37.8 Å². The molecule has 3 rings (SSSR count). The SMILES string of the molecule is CNc1nc2ccccn2c1S(=O)(=O)N1CCSCC1. The van der Waals surface area contributed by atoms with Crippen molar-refractivity contribution in [2.45, 2.75) is 5.03 Å². The van der Waals surface area contributed by atoms with Gasteiger partial charge in [-0.2, -0.15) is 16.1 Å². The first-order valence-electron chi connectivity index (χ1n) is 6.37. The standard InChI is InChI=1S/C12H16N4O2S2/c1-13-11-12(16-5-3-2-4-10(16)14-11)20(17,18)15-6-8-19-9-7-15/h2-5,13H,6-9H2,1H3. The van der Waals surface area contributed by atoms with Crippen molar-refractivity contribution in [3.05, 3.63) is 24.4 Å². The Balaban J connectivity index is 2.17. The quantitative estimate of drug-likeness (QED) is 0.920. The van der Waals surface area contributed by atoms with Gasteiger partial charge in [0.05, 0.1) is 0 Å². The van der Waals surface area contributed by atoms with Gasteiger partial charge in [0.25, 0.3) is 10.0 Å². The number of nitrogens with zero attached hydrogens (tertiary/aromatic N) is 3. The maximum absolute atomic E-state index is 12.9. The van der Waals surface area contributed by atoms with Crippen LogP contribution in [0.15, 0.2) is 29.4 Å². The van der Waals surface area contributed by atoms with Crippen LogP contribution in [0.25, 0.3) is 5.65 Å². The first-order valence-corrected chi connectivity index (χ1v) is 8.97. The summed E-state index contributed by atoms with van der Waals surface area (Å²) in [4.78, 5) is 4.33. The van der Waals surface area contributed by atoms with Gasteiger partial charge in [-0.05, 0) is 12.1 Å². The summed E-state index contributed by atoms with van der Waals surface area (Å²) in [6.07, 6.45) is 1.73. The topological polar surface area (TPSA) is 66.7 Å². The third kappa shape index (κ3) is 2.17. The molecule has 0 bridgehead atoms. The van der Waals surface area contributed by atoms with Crippen LogP contribution in [0.2, 0.25) is 0 Å². The number of sulfonamides is 1. The highest BCUT2D eigenvalue weighted by molar-refractivity contribution is 7.99. The number of aromatic nitrogens is 2. The Labute approximate surface area is 122 Å². The molecule has 0 saturated carbocycles. The Bertz CT molecular complexity index is 720. The summed E-state index contributed by atoms with van der Waals surface area (Å²) < 4.78 is 28.9. The van der Waals surface area contributed by atoms with E-state index in [1.807, 2.05) is 6.07 Å². The lowest BCUT2D eigenvalue weighted by molar-refractivity contribution is 0.441. The number of pyridine rings is 1. The second-order valence-electron chi connectivity index (χ2n) is 4.46. The Morgan fingerprint density at radius 2 is 2.05 bits per heavy atom.